The number of carbonyl (C=O) groups excluding carboxylic acids is 1. The average Bonchev–Trinajstić information content (AvgIpc) is 3.36. The second-order valence-electron chi connectivity index (χ2n) is 6.51. The van der Waals surface area contributed by atoms with Crippen molar-refractivity contribution in [2.45, 2.75) is 0 Å². The Balaban J connectivity index is 1.67. The fourth-order valence-corrected chi connectivity index (χ4v) is 4.13. The van der Waals surface area contributed by atoms with Crippen molar-refractivity contribution in [1.82, 2.24) is 9.88 Å². The van der Waals surface area contributed by atoms with Crippen molar-refractivity contribution in [3.05, 3.63) is 93.3 Å². The summed E-state index contributed by atoms with van der Waals surface area (Å²) in [5.74, 6) is 0.457. The Kier molecular flexibility index (Phi) is 6.20. The number of nitrogens with zero attached hydrogens (tertiary/aromatic N) is 4. The van der Waals surface area contributed by atoms with E-state index in [1.807, 2.05) is 0 Å². The second kappa shape index (κ2) is 9.21. The number of thioether (sulfide) groups is 1. The minimum absolute atomic E-state index is 0.0619. The van der Waals surface area contributed by atoms with Crippen LogP contribution in [0.5, 0.6) is 0 Å². The van der Waals surface area contributed by atoms with Crippen LogP contribution < -0.4 is 0 Å². The zero-order valence-corrected chi connectivity index (χ0v) is 18.0. The number of furan rings is 1. The van der Waals surface area contributed by atoms with Gasteiger partial charge in [-0.2, -0.15) is 0 Å². The fraction of sp³-hybridized carbons (Fsp3) is 0.0455. The van der Waals surface area contributed by atoms with Crippen LogP contribution in [0.2, 0.25) is 5.02 Å². The molecule has 10 heteroatoms. The topological polar surface area (TPSA) is 102 Å². The third-order valence-electron chi connectivity index (χ3n) is 4.43. The Morgan fingerprint density at radius 2 is 2.09 bits per heavy atom. The number of amidine groups is 1. The second-order valence-corrected chi connectivity index (χ2v) is 7.93. The SMILES string of the molecule is C=CCN1C(=O)/C(=C\c2ccc(-c3ccccc3[N+](=O)[O-])o2)SC1=Nc1ccncc1Cl. The van der Waals surface area contributed by atoms with Crippen LogP contribution in [0.3, 0.4) is 0 Å². The smallest absolute Gasteiger partial charge is 0.280 e. The van der Waals surface area contributed by atoms with Crippen LogP contribution in [0.15, 0.2) is 81.8 Å². The van der Waals surface area contributed by atoms with E-state index in [1.54, 1.807) is 54.7 Å². The quantitative estimate of drug-likeness (QED) is 0.200. The third-order valence-corrected chi connectivity index (χ3v) is 5.73. The number of nitro benzene ring substituents is 1. The van der Waals surface area contributed by atoms with Crippen molar-refractivity contribution in [3.63, 3.8) is 0 Å². The lowest BCUT2D eigenvalue weighted by atomic mass is 10.1. The van der Waals surface area contributed by atoms with Gasteiger partial charge in [-0.25, -0.2) is 4.99 Å². The Hall–Kier alpha value is -3.69. The van der Waals surface area contributed by atoms with Crippen molar-refractivity contribution in [3.8, 4) is 11.3 Å². The summed E-state index contributed by atoms with van der Waals surface area (Å²) >= 11 is 7.32. The van der Waals surface area contributed by atoms with E-state index in [4.69, 9.17) is 16.0 Å². The molecule has 1 saturated heterocycles. The summed E-state index contributed by atoms with van der Waals surface area (Å²) in [6, 6.07) is 11.2. The summed E-state index contributed by atoms with van der Waals surface area (Å²) in [5, 5.41) is 12.1. The molecule has 160 valence electrons. The van der Waals surface area contributed by atoms with E-state index in [9.17, 15) is 14.9 Å². The standard InChI is InChI=1S/C22H15ClN4O4S/c1-2-11-26-21(28)20(32-22(26)25-17-9-10-24-13-16(17)23)12-14-7-8-19(31-14)15-5-3-4-6-18(15)27(29)30/h2-10,12-13H,1,11H2/b20-12+,25-22?. The maximum atomic E-state index is 12.9. The Morgan fingerprint density at radius 1 is 1.28 bits per heavy atom. The fourth-order valence-electron chi connectivity index (χ4n) is 2.99. The Bertz CT molecular complexity index is 1280. The van der Waals surface area contributed by atoms with Crippen LogP contribution in [0.4, 0.5) is 11.4 Å². The molecule has 0 spiro atoms. The summed E-state index contributed by atoms with van der Waals surface area (Å²) in [5.41, 5.74) is 0.785. The molecular weight excluding hydrogens is 452 g/mol. The molecule has 0 saturated carbocycles. The molecule has 3 heterocycles. The van der Waals surface area contributed by atoms with Gasteiger partial charge in [0, 0.05) is 31.1 Å². The average molecular weight is 467 g/mol. The number of aromatic nitrogens is 1. The minimum Gasteiger partial charge on any atom is -0.456 e. The molecule has 1 amide bonds. The number of hydrogen-bond donors (Lipinski definition) is 0. The van der Waals surface area contributed by atoms with Crippen LogP contribution in [0.1, 0.15) is 5.76 Å². The third kappa shape index (κ3) is 4.34. The van der Waals surface area contributed by atoms with E-state index in [0.717, 1.165) is 0 Å². The van der Waals surface area contributed by atoms with E-state index in [2.05, 4.69) is 16.6 Å². The summed E-state index contributed by atoms with van der Waals surface area (Å²) in [6.45, 7) is 3.97. The molecule has 1 aliphatic heterocycles. The molecule has 4 rings (SSSR count). The molecule has 1 fully saturated rings. The summed E-state index contributed by atoms with van der Waals surface area (Å²) < 4.78 is 5.78. The highest BCUT2D eigenvalue weighted by atomic mass is 35.5. The maximum Gasteiger partial charge on any atom is 0.280 e. The van der Waals surface area contributed by atoms with Crippen molar-refractivity contribution in [2.24, 2.45) is 4.99 Å². The van der Waals surface area contributed by atoms with Gasteiger partial charge in [-0.1, -0.05) is 29.8 Å². The van der Waals surface area contributed by atoms with Crippen LogP contribution >= 0.6 is 23.4 Å². The number of amides is 1. The molecule has 2 aromatic heterocycles. The molecule has 0 atom stereocenters. The monoisotopic (exact) mass is 466 g/mol. The van der Waals surface area contributed by atoms with E-state index in [0.29, 0.717) is 37.9 Å². The van der Waals surface area contributed by atoms with Crippen LogP contribution in [-0.2, 0) is 4.79 Å². The van der Waals surface area contributed by atoms with Gasteiger partial charge >= 0.3 is 0 Å². The lowest BCUT2D eigenvalue weighted by Gasteiger charge is -2.12. The summed E-state index contributed by atoms with van der Waals surface area (Å²) in [6.07, 6.45) is 6.22. The number of rotatable bonds is 6. The van der Waals surface area contributed by atoms with Crippen molar-refractivity contribution in [2.75, 3.05) is 6.54 Å². The molecule has 8 nitrogen and oxygen atoms in total. The van der Waals surface area contributed by atoms with Gasteiger partial charge in [0.2, 0.25) is 0 Å². The molecule has 0 aliphatic carbocycles. The van der Waals surface area contributed by atoms with Crippen molar-refractivity contribution in [1.29, 1.82) is 0 Å². The first-order valence-electron chi connectivity index (χ1n) is 9.32. The maximum absolute atomic E-state index is 12.9. The minimum atomic E-state index is -0.466. The molecule has 1 aliphatic rings. The number of hydrogen-bond acceptors (Lipinski definition) is 7. The van der Waals surface area contributed by atoms with Gasteiger partial charge in [-0.3, -0.25) is 24.8 Å². The highest BCUT2D eigenvalue weighted by Crippen LogP contribution is 2.37. The zero-order chi connectivity index (χ0) is 22.7. The first-order valence-corrected chi connectivity index (χ1v) is 10.5. The van der Waals surface area contributed by atoms with Gasteiger partial charge in [0.05, 0.1) is 26.1 Å². The van der Waals surface area contributed by atoms with Gasteiger partial charge in [0.1, 0.15) is 11.5 Å². The number of para-hydroxylation sites is 1. The molecule has 0 bridgehead atoms. The van der Waals surface area contributed by atoms with Gasteiger partial charge in [0.15, 0.2) is 5.17 Å². The molecule has 3 aromatic rings. The first-order chi connectivity index (χ1) is 15.5. The highest BCUT2D eigenvalue weighted by molar-refractivity contribution is 8.18. The number of aliphatic imine (C=N–C) groups is 1. The molecule has 1 aromatic carbocycles. The zero-order valence-electron chi connectivity index (χ0n) is 16.5. The summed E-state index contributed by atoms with van der Waals surface area (Å²) in [7, 11) is 0. The van der Waals surface area contributed by atoms with E-state index < -0.39 is 4.92 Å². The van der Waals surface area contributed by atoms with E-state index in [1.165, 1.54) is 28.9 Å². The van der Waals surface area contributed by atoms with Crippen LogP contribution in [-0.4, -0.2) is 32.4 Å². The van der Waals surface area contributed by atoms with E-state index in [-0.39, 0.29) is 18.1 Å². The van der Waals surface area contributed by atoms with Gasteiger partial charge in [-0.15, -0.1) is 6.58 Å². The molecule has 0 N–H and O–H groups in total. The van der Waals surface area contributed by atoms with E-state index >= 15 is 0 Å². The molecule has 32 heavy (non-hydrogen) atoms. The predicted octanol–water partition coefficient (Wildman–Crippen LogP) is 5.69. The first kappa shape index (κ1) is 21.5. The van der Waals surface area contributed by atoms with Crippen molar-refractivity contribution < 1.29 is 14.1 Å². The summed E-state index contributed by atoms with van der Waals surface area (Å²) in [4.78, 5) is 34.1. The Morgan fingerprint density at radius 3 is 2.84 bits per heavy atom. The Labute approximate surface area is 192 Å². The number of carbonyl (C=O) groups is 1. The van der Waals surface area contributed by atoms with Gasteiger partial charge in [-0.05, 0) is 36.0 Å². The van der Waals surface area contributed by atoms with Crippen LogP contribution in [0.25, 0.3) is 17.4 Å². The number of halogens is 1. The van der Waals surface area contributed by atoms with Gasteiger partial charge in [0.25, 0.3) is 11.6 Å². The molecule has 0 unspecified atom stereocenters. The largest absolute Gasteiger partial charge is 0.456 e. The normalized spacial score (nSPS) is 16.2. The predicted molar refractivity (Wildman–Crippen MR) is 125 cm³/mol. The van der Waals surface area contributed by atoms with Gasteiger partial charge < -0.3 is 4.42 Å². The van der Waals surface area contributed by atoms with Crippen LogP contribution in [0, 0.1) is 10.1 Å². The molecular formula is C22H15ClN4O4S. The van der Waals surface area contributed by atoms with Crippen molar-refractivity contribution >= 4 is 51.9 Å². The number of benzene rings is 1. The highest BCUT2D eigenvalue weighted by Gasteiger charge is 2.33. The lowest BCUT2D eigenvalue weighted by molar-refractivity contribution is -0.384. The lowest BCUT2D eigenvalue weighted by Crippen LogP contribution is -2.29. The number of pyridine rings is 1. The molecule has 0 radical (unpaired) electrons. The number of nitro groups is 1.